The normalized spacial score (nSPS) is 16.9. The zero-order chi connectivity index (χ0) is 37.6. The van der Waals surface area contributed by atoms with E-state index in [1.165, 1.54) is 6.20 Å². The van der Waals surface area contributed by atoms with Gasteiger partial charge in [0.05, 0.1) is 17.8 Å². The Kier molecular flexibility index (Phi) is 13.4. The number of ether oxygens (including phenoxy) is 1. The number of nitrogens with two attached hydrogens (primary N) is 1. The standard InChI is InChI=1S/C38H56F3N7O3Si/c1-24-32(25(2)47(46-24)23-51-18-19-52(3,4)5)29-16-17-31(44-36(29)41)45-38(50)34(30-22-43-48(28(20-39)21-40)35(30)37(42)49)33(26-12-8-6-9-13-26)27-14-10-7-11-15-27/h16-17,22,26-28,33-34H,6-15,18-21,23H2,1-5H3,(H2,42,49)(H,44,45,50)/t34-/m1/s1. The average molecular weight is 744 g/mol. The van der Waals surface area contributed by atoms with Crippen molar-refractivity contribution in [1.29, 1.82) is 0 Å². The summed E-state index contributed by atoms with van der Waals surface area (Å²) in [5.41, 5.74) is 8.18. The van der Waals surface area contributed by atoms with Crippen LogP contribution in [0.5, 0.6) is 0 Å². The van der Waals surface area contributed by atoms with E-state index >= 15 is 4.39 Å². The van der Waals surface area contributed by atoms with Crippen LogP contribution in [0.4, 0.5) is 19.0 Å². The molecule has 286 valence electrons. The Morgan fingerprint density at radius 1 is 1.00 bits per heavy atom. The van der Waals surface area contributed by atoms with Crippen LogP contribution < -0.4 is 11.1 Å². The molecule has 2 saturated carbocycles. The van der Waals surface area contributed by atoms with Crippen molar-refractivity contribution in [3.8, 4) is 11.1 Å². The molecular weight excluding hydrogens is 688 g/mol. The first-order valence-corrected chi connectivity index (χ1v) is 22.6. The highest BCUT2D eigenvalue weighted by atomic mass is 28.3. The van der Waals surface area contributed by atoms with Gasteiger partial charge in [-0.1, -0.05) is 83.8 Å². The van der Waals surface area contributed by atoms with Crippen LogP contribution in [-0.4, -0.2) is 64.4 Å². The van der Waals surface area contributed by atoms with E-state index in [1.54, 1.807) is 16.8 Å². The first-order valence-electron chi connectivity index (χ1n) is 18.9. The first-order chi connectivity index (χ1) is 24.8. The fourth-order valence-electron chi connectivity index (χ4n) is 8.43. The number of pyridine rings is 1. The third kappa shape index (κ3) is 9.15. The molecule has 14 heteroatoms. The van der Waals surface area contributed by atoms with Crippen LogP contribution in [0.1, 0.15) is 104 Å². The Morgan fingerprint density at radius 3 is 2.15 bits per heavy atom. The van der Waals surface area contributed by atoms with Gasteiger partial charge in [-0.3, -0.25) is 14.3 Å². The van der Waals surface area contributed by atoms with Gasteiger partial charge in [0, 0.05) is 37.1 Å². The summed E-state index contributed by atoms with van der Waals surface area (Å²) in [6.07, 6.45) is 11.4. The number of aromatic nitrogens is 5. The Morgan fingerprint density at radius 2 is 1.62 bits per heavy atom. The highest BCUT2D eigenvalue weighted by Gasteiger charge is 2.44. The monoisotopic (exact) mass is 743 g/mol. The van der Waals surface area contributed by atoms with Gasteiger partial charge in [-0.25, -0.2) is 18.4 Å². The van der Waals surface area contributed by atoms with Crippen molar-refractivity contribution in [2.24, 2.45) is 23.5 Å². The summed E-state index contributed by atoms with van der Waals surface area (Å²) in [5, 5.41) is 11.7. The molecule has 2 aliphatic rings. The molecule has 3 aromatic rings. The van der Waals surface area contributed by atoms with Crippen molar-refractivity contribution in [3.05, 3.63) is 46.9 Å². The van der Waals surface area contributed by atoms with Crippen molar-refractivity contribution < 1.29 is 27.5 Å². The lowest BCUT2D eigenvalue weighted by molar-refractivity contribution is -0.120. The number of nitrogens with zero attached hydrogens (tertiary/aromatic N) is 5. The van der Waals surface area contributed by atoms with E-state index in [0.717, 1.165) is 80.6 Å². The van der Waals surface area contributed by atoms with E-state index in [9.17, 15) is 18.4 Å². The molecule has 5 rings (SSSR count). The minimum atomic E-state index is -1.35. The third-order valence-corrected chi connectivity index (χ3v) is 12.8. The van der Waals surface area contributed by atoms with Crippen LogP contribution in [0.3, 0.4) is 0 Å². The topological polar surface area (TPSA) is 130 Å². The summed E-state index contributed by atoms with van der Waals surface area (Å²) >= 11 is 0. The van der Waals surface area contributed by atoms with Crippen molar-refractivity contribution in [3.63, 3.8) is 0 Å². The zero-order valence-corrected chi connectivity index (χ0v) is 32.4. The van der Waals surface area contributed by atoms with E-state index in [1.807, 2.05) is 13.8 Å². The molecule has 2 amide bonds. The second kappa shape index (κ2) is 17.5. The highest BCUT2D eigenvalue weighted by Crippen LogP contribution is 2.48. The van der Waals surface area contributed by atoms with Gasteiger partial charge in [0.25, 0.3) is 5.91 Å². The molecule has 0 unspecified atom stereocenters. The molecule has 0 spiro atoms. The molecule has 52 heavy (non-hydrogen) atoms. The van der Waals surface area contributed by atoms with Crippen LogP contribution in [0.25, 0.3) is 11.1 Å². The number of halogens is 3. The van der Waals surface area contributed by atoms with Crippen molar-refractivity contribution in [1.82, 2.24) is 24.5 Å². The number of alkyl halides is 2. The number of hydrogen-bond donors (Lipinski definition) is 2. The number of carbonyl (C=O) groups excluding carboxylic acids is 2. The van der Waals surface area contributed by atoms with E-state index in [-0.39, 0.29) is 47.1 Å². The molecule has 0 aromatic carbocycles. The average Bonchev–Trinajstić information content (AvgIpc) is 3.66. The largest absolute Gasteiger partial charge is 0.364 e. The van der Waals surface area contributed by atoms with Gasteiger partial charge in [-0.15, -0.1) is 0 Å². The fraction of sp³-hybridized carbons (Fsp3) is 0.658. The molecule has 3 N–H and O–H groups in total. The SMILES string of the molecule is Cc1nn(COCC[Si](C)(C)C)c(C)c1-c1ccc(NC(=O)[C@H](c2cnn(C(CF)CF)c2C(N)=O)C(C2CCCCC2)C2CCCCC2)nc1F. The Labute approximate surface area is 306 Å². The molecule has 2 fully saturated rings. The lowest BCUT2D eigenvalue weighted by atomic mass is 9.63. The van der Waals surface area contributed by atoms with Crippen molar-refractivity contribution in [2.45, 2.75) is 122 Å². The van der Waals surface area contributed by atoms with Crippen LogP contribution in [0.2, 0.25) is 25.7 Å². The van der Waals surface area contributed by atoms with Crippen LogP contribution in [0, 0.1) is 37.5 Å². The summed E-state index contributed by atoms with van der Waals surface area (Å²) < 4.78 is 52.4. The van der Waals surface area contributed by atoms with Gasteiger partial charge < -0.3 is 15.8 Å². The summed E-state index contributed by atoms with van der Waals surface area (Å²) in [6.45, 7) is 9.23. The second-order valence-corrected chi connectivity index (χ2v) is 21.6. The number of carbonyl (C=O) groups is 2. The van der Waals surface area contributed by atoms with E-state index in [4.69, 9.17) is 10.5 Å². The quantitative estimate of drug-likeness (QED) is 0.0863. The van der Waals surface area contributed by atoms with E-state index < -0.39 is 51.1 Å². The molecule has 3 heterocycles. The van der Waals surface area contributed by atoms with Crippen molar-refractivity contribution >= 4 is 25.7 Å². The third-order valence-electron chi connectivity index (χ3n) is 11.1. The van der Waals surface area contributed by atoms with E-state index in [2.05, 4.69) is 40.1 Å². The number of primary amides is 1. The predicted octanol–water partition coefficient (Wildman–Crippen LogP) is 8.29. The molecule has 0 radical (unpaired) electrons. The lowest BCUT2D eigenvalue weighted by Gasteiger charge is -2.41. The fourth-order valence-corrected chi connectivity index (χ4v) is 9.19. The molecule has 0 saturated heterocycles. The molecule has 10 nitrogen and oxygen atoms in total. The molecule has 1 atom stereocenters. The minimum absolute atomic E-state index is 0.0121. The maximum Gasteiger partial charge on any atom is 0.267 e. The van der Waals surface area contributed by atoms with Gasteiger partial charge in [0.15, 0.2) is 0 Å². The van der Waals surface area contributed by atoms with Gasteiger partial charge in [0.2, 0.25) is 11.9 Å². The zero-order valence-electron chi connectivity index (χ0n) is 31.4. The van der Waals surface area contributed by atoms with Gasteiger partial charge >= 0.3 is 0 Å². The lowest BCUT2D eigenvalue weighted by Crippen LogP contribution is -2.39. The Hall–Kier alpha value is -3.52. The summed E-state index contributed by atoms with van der Waals surface area (Å²) in [5.74, 6) is -2.88. The second-order valence-electron chi connectivity index (χ2n) is 16.0. The maximum atomic E-state index is 15.9. The summed E-state index contributed by atoms with van der Waals surface area (Å²) in [4.78, 5) is 31.8. The molecule has 3 aromatic heterocycles. The number of hydrogen-bond acceptors (Lipinski definition) is 6. The number of anilines is 1. The van der Waals surface area contributed by atoms with Crippen LogP contribution in [-0.2, 0) is 16.3 Å². The number of rotatable bonds is 16. The van der Waals surface area contributed by atoms with Crippen LogP contribution in [0.15, 0.2) is 18.3 Å². The van der Waals surface area contributed by atoms with E-state index in [0.29, 0.717) is 17.9 Å². The Bertz CT molecular complexity index is 1660. The number of amides is 2. The Balaban J connectivity index is 1.49. The highest BCUT2D eigenvalue weighted by molar-refractivity contribution is 6.76. The van der Waals surface area contributed by atoms with Gasteiger partial charge in [-0.05, 0) is 49.8 Å². The number of aryl methyl sites for hydroxylation is 1. The smallest absolute Gasteiger partial charge is 0.267 e. The summed E-state index contributed by atoms with van der Waals surface area (Å²) in [7, 11) is -1.25. The van der Waals surface area contributed by atoms with Gasteiger partial charge in [-0.2, -0.15) is 14.6 Å². The van der Waals surface area contributed by atoms with Gasteiger partial charge in [0.1, 0.15) is 37.6 Å². The predicted molar refractivity (Wildman–Crippen MR) is 199 cm³/mol. The molecule has 0 aliphatic heterocycles. The minimum Gasteiger partial charge on any atom is -0.364 e. The maximum absolute atomic E-state index is 15.9. The molecule has 2 aliphatic carbocycles. The molecule has 0 bridgehead atoms. The summed E-state index contributed by atoms with van der Waals surface area (Å²) in [6, 6.07) is 2.82. The van der Waals surface area contributed by atoms with Crippen molar-refractivity contribution in [2.75, 3.05) is 25.3 Å². The first kappa shape index (κ1) is 39.7. The van der Waals surface area contributed by atoms with Crippen LogP contribution >= 0.6 is 0 Å². The molecular formula is C38H56F3N7O3Si. The number of nitrogens with one attached hydrogen (secondary N) is 1.